The van der Waals surface area contributed by atoms with Crippen molar-refractivity contribution in [2.75, 3.05) is 0 Å². The topological polar surface area (TPSA) is 57.5 Å². The lowest BCUT2D eigenvalue weighted by molar-refractivity contribution is -0.136. The fraction of sp³-hybridized carbons (Fsp3) is 0.316. The van der Waals surface area contributed by atoms with Crippen LogP contribution in [0.2, 0.25) is 0 Å². The molecule has 0 spiro atoms. The minimum absolute atomic E-state index is 0.147. The molecule has 2 aromatic rings. The highest BCUT2D eigenvalue weighted by Gasteiger charge is 2.17. The van der Waals surface area contributed by atoms with E-state index in [-0.39, 0.29) is 12.5 Å². The van der Waals surface area contributed by atoms with Gasteiger partial charge in [-0.1, -0.05) is 42.5 Å². The number of carboxylic acid groups (broad SMARTS) is 1. The van der Waals surface area contributed by atoms with E-state index in [4.69, 9.17) is 5.11 Å². The molecule has 0 aliphatic heterocycles. The Morgan fingerprint density at radius 1 is 1.14 bits per heavy atom. The van der Waals surface area contributed by atoms with E-state index in [1.54, 1.807) is 0 Å². The Morgan fingerprint density at radius 2 is 1.95 bits per heavy atom. The minimum Gasteiger partial charge on any atom is -0.481 e. The van der Waals surface area contributed by atoms with E-state index in [9.17, 15) is 9.90 Å². The fourth-order valence-electron chi connectivity index (χ4n) is 3.16. The van der Waals surface area contributed by atoms with Crippen LogP contribution in [0.4, 0.5) is 0 Å². The first-order chi connectivity index (χ1) is 10.6. The average Bonchev–Trinajstić information content (AvgIpc) is 2.52. The number of aliphatic hydroxyl groups excluding tert-OH is 1. The number of aliphatic carboxylic acids is 1. The largest absolute Gasteiger partial charge is 0.481 e. The molecule has 114 valence electrons. The molecule has 0 radical (unpaired) electrons. The summed E-state index contributed by atoms with van der Waals surface area (Å²) in [5.41, 5.74) is 5.84. The van der Waals surface area contributed by atoms with Crippen molar-refractivity contribution in [2.45, 2.75) is 38.2 Å². The van der Waals surface area contributed by atoms with Gasteiger partial charge in [-0.3, -0.25) is 4.79 Å². The highest BCUT2D eigenvalue weighted by atomic mass is 16.4. The van der Waals surface area contributed by atoms with E-state index in [2.05, 4.69) is 24.3 Å². The number of aliphatic hydroxyl groups is 1. The molecule has 1 aliphatic rings. The molecule has 3 heteroatoms. The number of benzene rings is 2. The molecule has 2 N–H and O–H groups in total. The predicted octanol–water partition coefficient (Wildman–Crippen LogP) is 3.22. The van der Waals surface area contributed by atoms with Crippen LogP contribution in [0.3, 0.4) is 0 Å². The molecule has 1 unspecified atom stereocenters. The quantitative estimate of drug-likeness (QED) is 0.910. The van der Waals surface area contributed by atoms with E-state index in [0.717, 1.165) is 36.0 Å². The van der Waals surface area contributed by atoms with Crippen molar-refractivity contribution in [2.24, 2.45) is 0 Å². The van der Waals surface area contributed by atoms with Gasteiger partial charge in [-0.15, -0.1) is 0 Å². The predicted molar refractivity (Wildman–Crippen MR) is 85.9 cm³/mol. The van der Waals surface area contributed by atoms with E-state index < -0.39 is 5.97 Å². The van der Waals surface area contributed by atoms with Crippen molar-refractivity contribution in [3.8, 4) is 11.1 Å². The van der Waals surface area contributed by atoms with Crippen molar-refractivity contribution in [1.29, 1.82) is 0 Å². The van der Waals surface area contributed by atoms with E-state index in [1.165, 1.54) is 11.1 Å². The molecule has 0 heterocycles. The third-order valence-corrected chi connectivity index (χ3v) is 4.35. The Hall–Kier alpha value is -2.13. The zero-order valence-electron chi connectivity index (χ0n) is 12.5. The van der Waals surface area contributed by atoms with Crippen LogP contribution in [0.5, 0.6) is 0 Å². The number of fused-ring (bicyclic) bond motifs is 1. The Balaban J connectivity index is 1.93. The lowest BCUT2D eigenvalue weighted by atomic mass is 9.86. The summed E-state index contributed by atoms with van der Waals surface area (Å²) in [4.78, 5) is 10.8. The molecule has 1 atom stereocenters. The van der Waals surface area contributed by atoms with Gasteiger partial charge in [-0.2, -0.15) is 0 Å². The number of aryl methyl sites for hydroxylation is 2. The van der Waals surface area contributed by atoms with Gasteiger partial charge in [0.15, 0.2) is 0 Å². The molecular formula is C19H20O3. The van der Waals surface area contributed by atoms with E-state index in [0.29, 0.717) is 6.42 Å². The smallest absolute Gasteiger partial charge is 0.303 e. The molecule has 3 nitrogen and oxygen atoms in total. The Kier molecular flexibility index (Phi) is 4.25. The maximum atomic E-state index is 10.8. The minimum atomic E-state index is -0.769. The number of hydrogen-bond donors (Lipinski definition) is 2. The second-order valence-corrected chi connectivity index (χ2v) is 5.93. The summed E-state index contributed by atoms with van der Waals surface area (Å²) < 4.78 is 0. The van der Waals surface area contributed by atoms with Crippen molar-refractivity contribution in [3.05, 3.63) is 59.2 Å². The van der Waals surface area contributed by atoms with Gasteiger partial charge in [-0.25, -0.2) is 0 Å². The van der Waals surface area contributed by atoms with Gasteiger partial charge in [0.1, 0.15) is 0 Å². The summed E-state index contributed by atoms with van der Waals surface area (Å²) in [5.74, 6) is -0.769. The Labute approximate surface area is 130 Å². The van der Waals surface area contributed by atoms with Crippen molar-refractivity contribution < 1.29 is 15.0 Å². The van der Waals surface area contributed by atoms with E-state index in [1.807, 2.05) is 18.2 Å². The first-order valence-electron chi connectivity index (χ1n) is 7.73. The van der Waals surface area contributed by atoms with Crippen LogP contribution in [0.25, 0.3) is 11.1 Å². The third-order valence-electron chi connectivity index (χ3n) is 4.35. The Morgan fingerprint density at radius 3 is 2.77 bits per heavy atom. The molecule has 0 fully saturated rings. The zero-order valence-corrected chi connectivity index (χ0v) is 12.5. The van der Waals surface area contributed by atoms with Gasteiger partial charge in [0.25, 0.3) is 0 Å². The zero-order chi connectivity index (χ0) is 15.5. The first kappa shape index (κ1) is 14.8. The molecule has 0 amide bonds. The third kappa shape index (κ3) is 3.20. The molecule has 1 aliphatic carbocycles. The van der Waals surface area contributed by atoms with Crippen LogP contribution in [0.15, 0.2) is 42.5 Å². The van der Waals surface area contributed by atoms with Crippen LogP contribution in [-0.4, -0.2) is 22.3 Å². The molecule has 0 aromatic heterocycles. The fourth-order valence-corrected chi connectivity index (χ4v) is 3.16. The maximum absolute atomic E-state index is 10.8. The second kappa shape index (κ2) is 6.32. The summed E-state index contributed by atoms with van der Waals surface area (Å²) in [6.07, 6.45) is 2.92. The summed E-state index contributed by atoms with van der Waals surface area (Å²) in [7, 11) is 0. The molecule has 2 aromatic carbocycles. The molecule has 0 bridgehead atoms. The van der Waals surface area contributed by atoms with Crippen molar-refractivity contribution >= 4 is 5.97 Å². The number of carboxylic acids is 1. The van der Waals surface area contributed by atoms with Gasteiger partial charge in [0.2, 0.25) is 0 Å². The molecular weight excluding hydrogens is 276 g/mol. The first-order valence-corrected chi connectivity index (χ1v) is 7.73. The van der Waals surface area contributed by atoms with Crippen LogP contribution in [0, 0.1) is 0 Å². The van der Waals surface area contributed by atoms with Crippen LogP contribution < -0.4 is 0 Å². The van der Waals surface area contributed by atoms with Gasteiger partial charge in [-0.05, 0) is 53.5 Å². The molecule has 22 heavy (non-hydrogen) atoms. The number of rotatable bonds is 4. The lowest BCUT2D eigenvalue weighted by Crippen LogP contribution is -2.18. The highest BCUT2D eigenvalue weighted by Crippen LogP contribution is 2.30. The van der Waals surface area contributed by atoms with Gasteiger partial charge < -0.3 is 10.2 Å². The average molecular weight is 296 g/mol. The van der Waals surface area contributed by atoms with Crippen molar-refractivity contribution in [1.82, 2.24) is 0 Å². The highest BCUT2D eigenvalue weighted by molar-refractivity contribution is 5.71. The van der Waals surface area contributed by atoms with E-state index >= 15 is 0 Å². The normalized spacial score (nSPS) is 17.0. The Bertz CT molecular complexity index is 691. The second-order valence-electron chi connectivity index (χ2n) is 5.93. The molecule has 0 saturated carbocycles. The molecule has 3 rings (SSSR count). The van der Waals surface area contributed by atoms with Gasteiger partial charge in [0.05, 0.1) is 6.10 Å². The summed E-state index contributed by atoms with van der Waals surface area (Å²) in [6.45, 7) is 0. The lowest BCUT2D eigenvalue weighted by Gasteiger charge is -2.21. The summed E-state index contributed by atoms with van der Waals surface area (Å²) in [5, 5.41) is 18.6. The maximum Gasteiger partial charge on any atom is 0.303 e. The number of carbonyl (C=O) groups is 1. The molecule has 0 saturated heterocycles. The summed E-state index contributed by atoms with van der Waals surface area (Å²) >= 11 is 0. The standard InChI is InChI=1S/C19H20O3/c20-17-9-7-14-11-16(6-5-15(14)12-17)18-4-2-1-3-13(18)8-10-19(21)22/h1-6,11,17,20H,7-10,12H2,(H,21,22). The van der Waals surface area contributed by atoms with Crippen LogP contribution in [-0.2, 0) is 24.1 Å². The summed E-state index contributed by atoms with van der Waals surface area (Å²) in [6, 6.07) is 14.4. The number of hydrogen-bond acceptors (Lipinski definition) is 2. The van der Waals surface area contributed by atoms with Crippen LogP contribution in [0.1, 0.15) is 29.5 Å². The monoisotopic (exact) mass is 296 g/mol. The van der Waals surface area contributed by atoms with Gasteiger partial charge in [0, 0.05) is 6.42 Å². The SMILES string of the molecule is O=C(O)CCc1ccccc1-c1ccc2c(c1)CCC(O)C2. The van der Waals surface area contributed by atoms with Crippen LogP contribution >= 0.6 is 0 Å². The van der Waals surface area contributed by atoms with Gasteiger partial charge >= 0.3 is 5.97 Å². The van der Waals surface area contributed by atoms with Crippen molar-refractivity contribution in [3.63, 3.8) is 0 Å².